The fourth-order valence-corrected chi connectivity index (χ4v) is 3.25. The number of methoxy groups -OCH3 is 1. The second-order valence-corrected chi connectivity index (χ2v) is 5.93. The topological polar surface area (TPSA) is 35.5 Å². The molecule has 2 rings (SSSR count). The molecule has 0 spiro atoms. The van der Waals surface area contributed by atoms with E-state index in [0.29, 0.717) is 25.2 Å². The van der Waals surface area contributed by atoms with Crippen LogP contribution in [0.4, 0.5) is 0 Å². The van der Waals surface area contributed by atoms with E-state index in [1.807, 2.05) is 25.1 Å². The molecule has 0 amide bonds. The number of ether oxygens (including phenoxy) is 2. The van der Waals surface area contributed by atoms with E-state index in [0.717, 1.165) is 26.3 Å². The summed E-state index contributed by atoms with van der Waals surface area (Å²) in [4.78, 5) is 13.0. The number of hydrogen-bond donors (Lipinski definition) is 0. The first-order valence-electron chi connectivity index (χ1n) is 7.16. The zero-order chi connectivity index (χ0) is 16.1. The Morgan fingerprint density at radius 3 is 2.73 bits per heavy atom. The second kappa shape index (κ2) is 7.27. The smallest absolute Gasteiger partial charge is 0.173 e. The molecule has 0 radical (unpaired) electrons. The zero-order valence-electron chi connectivity index (χ0n) is 13.0. The first kappa shape index (κ1) is 16.3. The Bertz CT molecular complexity index is 712. The third kappa shape index (κ3) is 3.57. The van der Waals surface area contributed by atoms with Crippen LogP contribution >= 0.6 is 11.3 Å². The minimum atomic E-state index is 0.112. The number of carbonyl (C=O) groups is 1. The predicted molar refractivity (Wildman–Crippen MR) is 92.8 cm³/mol. The summed E-state index contributed by atoms with van der Waals surface area (Å²) in [5.41, 5.74) is 0.927. The van der Waals surface area contributed by atoms with E-state index in [-0.39, 0.29) is 5.78 Å². The number of Topliss-reactive ketones (excluding diaryl/α,β-unsaturated/α-hetero) is 1. The number of thiophene rings is 1. The summed E-state index contributed by atoms with van der Waals surface area (Å²) in [6.07, 6.45) is 2.72. The van der Waals surface area contributed by atoms with Crippen LogP contribution in [0.15, 0.2) is 37.1 Å². The van der Waals surface area contributed by atoms with Crippen LogP contribution in [0.1, 0.15) is 35.0 Å². The molecule has 1 heterocycles. The van der Waals surface area contributed by atoms with Gasteiger partial charge < -0.3 is 9.47 Å². The van der Waals surface area contributed by atoms with Gasteiger partial charge in [0.25, 0.3) is 0 Å². The SMILES string of the molecule is C=Cc1cc2cc(C(=O)CCC(=C)OCC)sc2cc1OC. The summed E-state index contributed by atoms with van der Waals surface area (Å²) in [7, 11) is 1.63. The van der Waals surface area contributed by atoms with E-state index in [4.69, 9.17) is 9.47 Å². The van der Waals surface area contributed by atoms with Crippen molar-refractivity contribution in [2.75, 3.05) is 13.7 Å². The molecule has 1 aromatic carbocycles. The summed E-state index contributed by atoms with van der Waals surface area (Å²) >= 11 is 1.48. The van der Waals surface area contributed by atoms with Gasteiger partial charge in [0, 0.05) is 23.1 Å². The number of benzene rings is 1. The lowest BCUT2D eigenvalue weighted by Gasteiger charge is -2.04. The molecule has 2 aromatic rings. The third-order valence-corrected chi connectivity index (χ3v) is 4.48. The Morgan fingerprint density at radius 2 is 2.09 bits per heavy atom. The van der Waals surface area contributed by atoms with Gasteiger partial charge in [-0.25, -0.2) is 0 Å². The van der Waals surface area contributed by atoms with E-state index in [1.54, 1.807) is 13.2 Å². The molecule has 3 nitrogen and oxygen atoms in total. The second-order valence-electron chi connectivity index (χ2n) is 4.84. The van der Waals surface area contributed by atoms with Crippen LogP contribution in [0.3, 0.4) is 0 Å². The van der Waals surface area contributed by atoms with Gasteiger partial charge in [0.2, 0.25) is 0 Å². The minimum absolute atomic E-state index is 0.112. The maximum Gasteiger partial charge on any atom is 0.173 e. The Morgan fingerprint density at radius 1 is 1.32 bits per heavy atom. The van der Waals surface area contributed by atoms with Gasteiger partial charge >= 0.3 is 0 Å². The average molecular weight is 316 g/mol. The predicted octanol–water partition coefficient (Wildman–Crippen LogP) is 5.07. The first-order valence-corrected chi connectivity index (χ1v) is 7.98. The van der Waals surface area contributed by atoms with Crippen molar-refractivity contribution in [1.82, 2.24) is 0 Å². The zero-order valence-corrected chi connectivity index (χ0v) is 13.8. The van der Waals surface area contributed by atoms with Crippen molar-refractivity contribution in [3.8, 4) is 5.75 Å². The molecular weight excluding hydrogens is 296 g/mol. The van der Waals surface area contributed by atoms with Gasteiger partial charge in [-0.1, -0.05) is 19.2 Å². The molecule has 0 bridgehead atoms. The third-order valence-electron chi connectivity index (χ3n) is 3.34. The lowest BCUT2D eigenvalue weighted by Crippen LogP contribution is -1.98. The van der Waals surface area contributed by atoms with E-state index < -0.39 is 0 Å². The van der Waals surface area contributed by atoms with Crippen molar-refractivity contribution in [2.24, 2.45) is 0 Å². The van der Waals surface area contributed by atoms with Crippen LogP contribution in [-0.2, 0) is 4.74 Å². The van der Waals surface area contributed by atoms with Crippen LogP contribution in [0.5, 0.6) is 5.75 Å². The summed E-state index contributed by atoms with van der Waals surface area (Å²) in [6, 6.07) is 5.87. The largest absolute Gasteiger partial charge is 0.499 e. The molecule has 0 aliphatic rings. The van der Waals surface area contributed by atoms with E-state index >= 15 is 0 Å². The lowest BCUT2D eigenvalue weighted by atomic mass is 10.1. The Labute approximate surface area is 134 Å². The molecule has 0 N–H and O–H groups in total. The standard InChI is InChI=1S/C18H20O3S/c1-5-13-9-14-10-18(22-17(14)11-16(13)20-4)15(19)8-7-12(3)21-6-2/h5,9-11H,1,3,6-8H2,2,4H3. The number of fused-ring (bicyclic) bond motifs is 1. The number of ketones is 1. The molecule has 0 unspecified atom stereocenters. The van der Waals surface area contributed by atoms with Gasteiger partial charge in [-0.05, 0) is 30.5 Å². The van der Waals surface area contributed by atoms with Gasteiger partial charge in [0.1, 0.15) is 5.75 Å². The summed E-state index contributed by atoms with van der Waals surface area (Å²) < 4.78 is 11.7. The van der Waals surface area contributed by atoms with Crippen molar-refractivity contribution < 1.29 is 14.3 Å². The normalized spacial score (nSPS) is 10.5. The molecule has 0 atom stereocenters. The number of rotatable bonds is 8. The Balaban J connectivity index is 2.20. The highest BCUT2D eigenvalue weighted by atomic mass is 32.1. The molecule has 116 valence electrons. The quantitative estimate of drug-likeness (QED) is 0.504. The van der Waals surface area contributed by atoms with Gasteiger partial charge in [-0.3, -0.25) is 4.79 Å². The van der Waals surface area contributed by atoms with Crippen LogP contribution < -0.4 is 4.74 Å². The molecule has 0 saturated heterocycles. The van der Waals surface area contributed by atoms with Crippen LogP contribution in [0.25, 0.3) is 16.2 Å². The van der Waals surface area contributed by atoms with E-state index in [9.17, 15) is 4.79 Å². The number of hydrogen-bond acceptors (Lipinski definition) is 4. The highest BCUT2D eigenvalue weighted by Crippen LogP contribution is 2.33. The minimum Gasteiger partial charge on any atom is -0.499 e. The van der Waals surface area contributed by atoms with Crippen molar-refractivity contribution >= 4 is 33.3 Å². The van der Waals surface area contributed by atoms with E-state index in [1.165, 1.54) is 11.3 Å². The van der Waals surface area contributed by atoms with Crippen LogP contribution in [-0.4, -0.2) is 19.5 Å². The molecule has 0 saturated carbocycles. The maximum absolute atomic E-state index is 12.3. The van der Waals surface area contributed by atoms with Gasteiger partial charge in [0.05, 0.1) is 24.4 Å². The van der Waals surface area contributed by atoms with Crippen molar-refractivity contribution in [3.63, 3.8) is 0 Å². The van der Waals surface area contributed by atoms with Crippen LogP contribution in [0.2, 0.25) is 0 Å². The molecule has 0 aliphatic heterocycles. The van der Waals surface area contributed by atoms with Gasteiger partial charge in [-0.2, -0.15) is 0 Å². The first-order chi connectivity index (χ1) is 10.6. The Kier molecular flexibility index (Phi) is 5.39. The van der Waals surface area contributed by atoms with Crippen molar-refractivity contribution in [3.05, 3.63) is 47.6 Å². The molecule has 22 heavy (non-hydrogen) atoms. The fraction of sp³-hybridized carbons (Fsp3) is 0.278. The summed E-state index contributed by atoms with van der Waals surface area (Å²) in [6.45, 7) is 10.1. The molecule has 0 fully saturated rings. The highest BCUT2D eigenvalue weighted by Gasteiger charge is 2.13. The van der Waals surface area contributed by atoms with Gasteiger partial charge in [0.15, 0.2) is 5.78 Å². The van der Waals surface area contributed by atoms with E-state index in [2.05, 4.69) is 13.2 Å². The van der Waals surface area contributed by atoms with Crippen LogP contribution in [0, 0.1) is 0 Å². The molecular formula is C18H20O3S. The van der Waals surface area contributed by atoms with Gasteiger partial charge in [-0.15, -0.1) is 11.3 Å². The van der Waals surface area contributed by atoms with Crippen molar-refractivity contribution in [1.29, 1.82) is 0 Å². The monoisotopic (exact) mass is 316 g/mol. The summed E-state index contributed by atoms with van der Waals surface area (Å²) in [5.74, 6) is 1.54. The molecule has 4 heteroatoms. The Hall–Kier alpha value is -2.07. The lowest BCUT2D eigenvalue weighted by molar-refractivity contribution is 0.0978. The average Bonchev–Trinajstić information content (AvgIpc) is 2.94. The molecule has 0 aliphatic carbocycles. The summed E-state index contributed by atoms with van der Waals surface area (Å²) in [5, 5.41) is 1.03. The number of carbonyl (C=O) groups excluding carboxylic acids is 1. The number of allylic oxidation sites excluding steroid dienone is 1. The molecule has 1 aromatic heterocycles. The highest BCUT2D eigenvalue weighted by molar-refractivity contribution is 7.20. The maximum atomic E-state index is 12.3. The fourth-order valence-electron chi connectivity index (χ4n) is 2.21. The van der Waals surface area contributed by atoms with Crippen molar-refractivity contribution in [2.45, 2.75) is 19.8 Å².